The molecule has 0 saturated heterocycles. The van der Waals surface area contributed by atoms with Crippen LogP contribution in [0.1, 0.15) is 0 Å². The summed E-state index contributed by atoms with van der Waals surface area (Å²) in [6, 6.07) is 2.84. The first-order valence-electron chi connectivity index (χ1n) is 5.42. The molecule has 2 aromatic rings. The number of methoxy groups -OCH3 is 2. The molecule has 2 rings (SSSR count). The summed E-state index contributed by atoms with van der Waals surface area (Å²) in [5.74, 6) is 0.290. The van der Waals surface area contributed by atoms with Crippen LogP contribution < -0.4 is 15.2 Å². The zero-order chi connectivity index (χ0) is 14.7. The smallest absolute Gasteiger partial charge is 0.311 e. The standard InChI is InChI=1S/C11H11N5O4/c1-19-9-4-7(11(20-2)15-14-9)6-3-8(16(17)18)10(12)13-5-6/h3-5H,1-2H3,(H2,12,13). The van der Waals surface area contributed by atoms with Gasteiger partial charge in [-0.15, -0.1) is 10.2 Å². The first-order chi connectivity index (χ1) is 9.56. The second-order valence-electron chi connectivity index (χ2n) is 3.70. The van der Waals surface area contributed by atoms with Crippen molar-refractivity contribution in [1.29, 1.82) is 0 Å². The molecule has 0 aromatic carbocycles. The molecule has 0 saturated carbocycles. The van der Waals surface area contributed by atoms with Gasteiger partial charge in [0.05, 0.1) is 24.7 Å². The fourth-order valence-corrected chi connectivity index (χ4v) is 1.58. The average Bonchev–Trinajstić information content (AvgIpc) is 2.46. The lowest BCUT2D eigenvalue weighted by Gasteiger charge is -2.08. The lowest BCUT2D eigenvalue weighted by Crippen LogP contribution is -2.01. The molecular weight excluding hydrogens is 266 g/mol. The lowest BCUT2D eigenvalue weighted by atomic mass is 10.1. The predicted molar refractivity (Wildman–Crippen MR) is 69.4 cm³/mol. The van der Waals surface area contributed by atoms with Gasteiger partial charge in [-0.2, -0.15) is 0 Å². The number of nitrogens with two attached hydrogens (primary N) is 1. The van der Waals surface area contributed by atoms with Crippen LogP contribution >= 0.6 is 0 Å². The molecule has 0 aliphatic rings. The summed E-state index contributed by atoms with van der Waals surface area (Å²) >= 11 is 0. The Bertz CT molecular complexity index is 661. The van der Waals surface area contributed by atoms with Crippen LogP contribution in [0.4, 0.5) is 11.5 Å². The van der Waals surface area contributed by atoms with E-state index in [1.54, 1.807) is 6.07 Å². The summed E-state index contributed by atoms with van der Waals surface area (Å²) < 4.78 is 10.0. The van der Waals surface area contributed by atoms with Gasteiger partial charge in [0.15, 0.2) is 0 Å². The Hall–Kier alpha value is -2.97. The van der Waals surface area contributed by atoms with Crippen molar-refractivity contribution in [1.82, 2.24) is 15.2 Å². The summed E-state index contributed by atoms with van der Waals surface area (Å²) in [5.41, 5.74) is 6.06. The summed E-state index contributed by atoms with van der Waals surface area (Å²) in [7, 11) is 2.85. The molecule has 0 unspecified atom stereocenters. The van der Waals surface area contributed by atoms with Gasteiger partial charge < -0.3 is 15.2 Å². The number of nitro groups is 1. The normalized spacial score (nSPS) is 10.1. The molecule has 9 heteroatoms. The fraction of sp³-hybridized carbons (Fsp3) is 0.182. The van der Waals surface area contributed by atoms with Crippen LogP contribution in [0, 0.1) is 10.1 Å². The highest BCUT2D eigenvalue weighted by Crippen LogP contribution is 2.32. The van der Waals surface area contributed by atoms with Gasteiger partial charge >= 0.3 is 5.69 Å². The van der Waals surface area contributed by atoms with Gasteiger partial charge in [-0.05, 0) is 0 Å². The number of pyridine rings is 1. The van der Waals surface area contributed by atoms with Crippen LogP contribution in [-0.2, 0) is 0 Å². The second-order valence-corrected chi connectivity index (χ2v) is 3.70. The van der Waals surface area contributed by atoms with E-state index in [9.17, 15) is 10.1 Å². The minimum atomic E-state index is -0.607. The first-order valence-corrected chi connectivity index (χ1v) is 5.42. The molecule has 0 amide bonds. The quantitative estimate of drug-likeness (QED) is 0.648. The second kappa shape index (κ2) is 5.34. The summed E-state index contributed by atoms with van der Waals surface area (Å²) in [5, 5.41) is 18.5. The van der Waals surface area contributed by atoms with E-state index in [-0.39, 0.29) is 23.3 Å². The zero-order valence-electron chi connectivity index (χ0n) is 10.7. The van der Waals surface area contributed by atoms with Crippen LogP contribution in [0.5, 0.6) is 11.8 Å². The van der Waals surface area contributed by atoms with E-state index < -0.39 is 4.92 Å². The third-order valence-corrected chi connectivity index (χ3v) is 2.55. The minimum Gasteiger partial charge on any atom is -0.480 e. The van der Waals surface area contributed by atoms with E-state index in [0.717, 1.165) is 0 Å². The van der Waals surface area contributed by atoms with Crippen LogP contribution in [0.3, 0.4) is 0 Å². The highest BCUT2D eigenvalue weighted by molar-refractivity contribution is 5.73. The van der Waals surface area contributed by atoms with Crippen molar-refractivity contribution in [2.24, 2.45) is 0 Å². The highest BCUT2D eigenvalue weighted by Gasteiger charge is 2.17. The molecule has 104 valence electrons. The Morgan fingerprint density at radius 1 is 1.25 bits per heavy atom. The molecule has 0 aliphatic carbocycles. The van der Waals surface area contributed by atoms with Crippen LogP contribution in [0.15, 0.2) is 18.3 Å². The third-order valence-electron chi connectivity index (χ3n) is 2.55. The molecule has 0 spiro atoms. The number of rotatable bonds is 4. The Morgan fingerprint density at radius 3 is 2.60 bits per heavy atom. The van der Waals surface area contributed by atoms with Crippen molar-refractivity contribution < 1.29 is 14.4 Å². The van der Waals surface area contributed by atoms with Crippen LogP contribution in [0.25, 0.3) is 11.1 Å². The molecule has 0 bridgehead atoms. The van der Waals surface area contributed by atoms with Crippen molar-refractivity contribution in [3.05, 3.63) is 28.4 Å². The van der Waals surface area contributed by atoms with Gasteiger partial charge in [0.2, 0.25) is 17.6 Å². The number of hydrogen-bond donors (Lipinski definition) is 1. The number of nitrogens with zero attached hydrogens (tertiary/aromatic N) is 4. The third kappa shape index (κ3) is 2.41. The minimum absolute atomic E-state index is 0.160. The van der Waals surface area contributed by atoms with Gasteiger partial charge in [-0.25, -0.2) is 4.98 Å². The van der Waals surface area contributed by atoms with Gasteiger partial charge in [-0.3, -0.25) is 10.1 Å². The van der Waals surface area contributed by atoms with Gasteiger partial charge in [0, 0.05) is 23.9 Å². The molecule has 0 radical (unpaired) electrons. The van der Waals surface area contributed by atoms with Crippen molar-refractivity contribution in [2.75, 3.05) is 20.0 Å². The fourth-order valence-electron chi connectivity index (χ4n) is 1.58. The Labute approximate surface area is 113 Å². The number of hydrogen-bond acceptors (Lipinski definition) is 8. The van der Waals surface area contributed by atoms with Crippen LogP contribution in [0.2, 0.25) is 0 Å². The Morgan fingerprint density at radius 2 is 2.00 bits per heavy atom. The summed E-state index contributed by atoms with van der Waals surface area (Å²) in [6.07, 6.45) is 1.39. The molecule has 2 N–H and O–H groups in total. The van der Waals surface area contributed by atoms with Crippen LogP contribution in [-0.4, -0.2) is 34.3 Å². The first kappa shape index (κ1) is 13.5. The monoisotopic (exact) mass is 277 g/mol. The van der Waals surface area contributed by atoms with Crippen molar-refractivity contribution >= 4 is 11.5 Å². The summed E-state index contributed by atoms with van der Waals surface area (Å²) in [4.78, 5) is 14.1. The van der Waals surface area contributed by atoms with E-state index in [1.165, 1.54) is 26.5 Å². The van der Waals surface area contributed by atoms with Gasteiger partial charge in [0.1, 0.15) is 0 Å². The van der Waals surface area contributed by atoms with E-state index in [0.29, 0.717) is 11.1 Å². The van der Waals surface area contributed by atoms with Crippen molar-refractivity contribution in [2.45, 2.75) is 0 Å². The molecule has 2 heterocycles. The largest absolute Gasteiger partial charge is 0.480 e. The number of aromatic nitrogens is 3. The van der Waals surface area contributed by atoms with E-state index in [4.69, 9.17) is 15.2 Å². The molecule has 0 fully saturated rings. The van der Waals surface area contributed by atoms with Crippen molar-refractivity contribution in [3.8, 4) is 22.9 Å². The SMILES string of the molecule is COc1cc(-c2cnc(N)c([N+](=O)[O-])c2)c(OC)nn1. The topological polar surface area (TPSA) is 126 Å². The van der Waals surface area contributed by atoms with Crippen molar-refractivity contribution in [3.63, 3.8) is 0 Å². The maximum absolute atomic E-state index is 10.9. The number of anilines is 1. The Balaban J connectivity index is 2.61. The lowest BCUT2D eigenvalue weighted by molar-refractivity contribution is -0.384. The molecule has 20 heavy (non-hydrogen) atoms. The maximum atomic E-state index is 10.9. The summed E-state index contributed by atoms with van der Waals surface area (Å²) in [6.45, 7) is 0. The highest BCUT2D eigenvalue weighted by atomic mass is 16.6. The van der Waals surface area contributed by atoms with E-state index >= 15 is 0 Å². The number of nitrogen functional groups attached to an aromatic ring is 1. The van der Waals surface area contributed by atoms with E-state index in [1.807, 2.05) is 0 Å². The van der Waals surface area contributed by atoms with Gasteiger partial charge in [-0.1, -0.05) is 0 Å². The molecule has 0 aliphatic heterocycles. The molecular formula is C11H11N5O4. The van der Waals surface area contributed by atoms with Gasteiger partial charge in [0.25, 0.3) is 0 Å². The Kier molecular flexibility index (Phi) is 3.60. The van der Waals surface area contributed by atoms with E-state index in [2.05, 4.69) is 15.2 Å². The molecule has 9 nitrogen and oxygen atoms in total. The maximum Gasteiger partial charge on any atom is 0.311 e. The zero-order valence-corrected chi connectivity index (χ0v) is 10.7. The average molecular weight is 277 g/mol. The molecule has 0 atom stereocenters. The number of ether oxygens (including phenoxy) is 2. The predicted octanol–water partition coefficient (Wildman–Crippen LogP) is 1.05. The molecule has 2 aromatic heterocycles.